The highest BCUT2D eigenvalue weighted by atomic mass is 16.5. The van der Waals surface area contributed by atoms with Crippen molar-refractivity contribution in [1.82, 2.24) is 4.98 Å². The molecule has 0 saturated carbocycles. The lowest BCUT2D eigenvalue weighted by atomic mass is 10.3. The standard InChI is InChI=1S/C9H10N2O/c1-2-5-12-9-7-11-4-3-8(9)6-10/h3-4,7H,2,5H2,1H3. The van der Waals surface area contributed by atoms with Crippen LogP contribution in [0.15, 0.2) is 18.5 Å². The first-order chi connectivity index (χ1) is 5.88. The van der Waals surface area contributed by atoms with Gasteiger partial charge in [-0.2, -0.15) is 5.26 Å². The minimum Gasteiger partial charge on any atom is -0.491 e. The van der Waals surface area contributed by atoms with Crippen LogP contribution in [0.3, 0.4) is 0 Å². The first-order valence-electron chi connectivity index (χ1n) is 3.85. The summed E-state index contributed by atoms with van der Waals surface area (Å²) in [5, 5.41) is 8.66. The topological polar surface area (TPSA) is 45.9 Å². The molecule has 1 heterocycles. The molecule has 0 radical (unpaired) electrons. The van der Waals surface area contributed by atoms with Crippen LogP contribution in [0.5, 0.6) is 5.75 Å². The molecule has 3 heteroatoms. The van der Waals surface area contributed by atoms with Gasteiger partial charge in [-0.15, -0.1) is 0 Å². The Bertz CT molecular complexity index is 291. The molecule has 1 rings (SSSR count). The number of nitriles is 1. The van der Waals surface area contributed by atoms with Gasteiger partial charge in [-0.25, -0.2) is 0 Å². The van der Waals surface area contributed by atoms with E-state index in [4.69, 9.17) is 10.00 Å². The van der Waals surface area contributed by atoms with Gasteiger partial charge in [-0.05, 0) is 12.5 Å². The van der Waals surface area contributed by atoms with Crippen LogP contribution < -0.4 is 4.74 Å². The fourth-order valence-electron chi connectivity index (χ4n) is 0.799. The largest absolute Gasteiger partial charge is 0.491 e. The molecule has 0 aliphatic carbocycles. The minimum absolute atomic E-state index is 0.540. The highest BCUT2D eigenvalue weighted by Gasteiger charge is 2.00. The zero-order valence-electron chi connectivity index (χ0n) is 6.95. The number of pyridine rings is 1. The maximum Gasteiger partial charge on any atom is 0.155 e. The summed E-state index contributed by atoms with van der Waals surface area (Å²) in [7, 11) is 0. The molecule has 1 aromatic heterocycles. The molecular weight excluding hydrogens is 152 g/mol. The summed E-state index contributed by atoms with van der Waals surface area (Å²) in [5.74, 6) is 0.571. The quantitative estimate of drug-likeness (QED) is 0.680. The van der Waals surface area contributed by atoms with E-state index in [-0.39, 0.29) is 0 Å². The highest BCUT2D eigenvalue weighted by molar-refractivity contribution is 5.40. The maximum absolute atomic E-state index is 8.66. The van der Waals surface area contributed by atoms with E-state index < -0.39 is 0 Å². The van der Waals surface area contributed by atoms with Crippen molar-refractivity contribution in [3.05, 3.63) is 24.0 Å². The zero-order valence-corrected chi connectivity index (χ0v) is 6.95. The second-order valence-corrected chi connectivity index (χ2v) is 2.33. The van der Waals surface area contributed by atoms with Crippen LogP contribution in [0.1, 0.15) is 18.9 Å². The Morgan fingerprint density at radius 1 is 1.67 bits per heavy atom. The molecule has 0 bridgehead atoms. The molecular formula is C9H10N2O. The highest BCUT2D eigenvalue weighted by Crippen LogP contribution is 2.14. The predicted molar refractivity (Wildman–Crippen MR) is 44.7 cm³/mol. The van der Waals surface area contributed by atoms with Gasteiger partial charge in [0, 0.05) is 6.20 Å². The van der Waals surface area contributed by atoms with E-state index in [0.29, 0.717) is 17.9 Å². The van der Waals surface area contributed by atoms with Crippen LogP contribution >= 0.6 is 0 Å². The first-order valence-corrected chi connectivity index (χ1v) is 3.85. The molecule has 0 unspecified atom stereocenters. The second-order valence-electron chi connectivity index (χ2n) is 2.33. The van der Waals surface area contributed by atoms with E-state index in [1.54, 1.807) is 18.5 Å². The van der Waals surface area contributed by atoms with Crippen molar-refractivity contribution in [3.8, 4) is 11.8 Å². The summed E-state index contributed by atoms with van der Waals surface area (Å²) in [6.07, 6.45) is 4.07. The molecule has 1 aromatic rings. The number of aromatic nitrogens is 1. The maximum atomic E-state index is 8.66. The molecule has 0 aromatic carbocycles. The van der Waals surface area contributed by atoms with Crippen molar-refractivity contribution >= 4 is 0 Å². The van der Waals surface area contributed by atoms with Crippen LogP contribution in [0.4, 0.5) is 0 Å². The van der Waals surface area contributed by atoms with Crippen molar-refractivity contribution < 1.29 is 4.74 Å². The lowest BCUT2D eigenvalue weighted by Crippen LogP contribution is -1.97. The summed E-state index contributed by atoms with van der Waals surface area (Å²) in [4.78, 5) is 3.87. The van der Waals surface area contributed by atoms with Crippen LogP contribution in [-0.2, 0) is 0 Å². The predicted octanol–water partition coefficient (Wildman–Crippen LogP) is 1.74. The molecule has 0 N–H and O–H groups in total. The van der Waals surface area contributed by atoms with E-state index in [2.05, 4.69) is 4.98 Å². The Balaban J connectivity index is 2.77. The zero-order chi connectivity index (χ0) is 8.81. The monoisotopic (exact) mass is 162 g/mol. The second kappa shape index (κ2) is 4.35. The fraction of sp³-hybridized carbons (Fsp3) is 0.333. The van der Waals surface area contributed by atoms with Gasteiger partial charge < -0.3 is 4.74 Å². The number of hydrogen-bond acceptors (Lipinski definition) is 3. The van der Waals surface area contributed by atoms with E-state index in [1.165, 1.54) is 0 Å². The third kappa shape index (κ3) is 1.96. The van der Waals surface area contributed by atoms with Gasteiger partial charge in [0.15, 0.2) is 5.75 Å². The molecule has 0 atom stereocenters. The summed E-state index contributed by atoms with van der Waals surface area (Å²) in [6.45, 7) is 2.64. The van der Waals surface area contributed by atoms with Crippen molar-refractivity contribution in [2.24, 2.45) is 0 Å². The summed E-state index contributed by atoms with van der Waals surface area (Å²) in [5.41, 5.74) is 0.540. The summed E-state index contributed by atoms with van der Waals surface area (Å²) in [6, 6.07) is 3.68. The molecule has 0 fully saturated rings. The number of ether oxygens (including phenoxy) is 1. The van der Waals surface area contributed by atoms with Crippen LogP contribution in [0, 0.1) is 11.3 Å². The molecule has 12 heavy (non-hydrogen) atoms. The van der Waals surface area contributed by atoms with Crippen LogP contribution in [-0.4, -0.2) is 11.6 Å². The average molecular weight is 162 g/mol. The normalized spacial score (nSPS) is 9.00. The molecule has 0 amide bonds. The van der Waals surface area contributed by atoms with Crippen molar-refractivity contribution in [1.29, 1.82) is 5.26 Å². The van der Waals surface area contributed by atoms with Crippen molar-refractivity contribution in [3.63, 3.8) is 0 Å². The van der Waals surface area contributed by atoms with Gasteiger partial charge in [0.1, 0.15) is 6.07 Å². The Morgan fingerprint density at radius 2 is 2.50 bits per heavy atom. The SMILES string of the molecule is CCCOc1cnccc1C#N. The Morgan fingerprint density at radius 3 is 3.17 bits per heavy atom. The fourth-order valence-corrected chi connectivity index (χ4v) is 0.799. The number of hydrogen-bond donors (Lipinski definition) is 0. The lowest BCUT2D eigenvalue weighted by molar-refractivity contribution is 0.315. The van der Waals surface area contributed by atoms with Crippen LogP contribution in [0.2, 0.25) is 0 Å². The third-order valence-corrected chi connectivity index (χ3v) is 1.37. The first kappa shape index (κ1) is 8.54. The van der Waals surface area contributed by atoms with Gasteiger partial charge >= 0.3 is 0 Å². The van der Waals surface area contributed by atoms with E-state index in [1.807, 2.05) is 13.0 Å². The minimum atomic E-state index is 0.540. The van der Waals surface area contributed by atoms with Gasteiger partial charge in [-0.3, -0.25) is 4.98 Å². The number of nitrogens with zero attached hydrogens (tertiary/aromatic N) is 2. The van der Waals surface area contributed by atoms with Gasteiger partial charge in [0.05, 0.1) is 18.4 Å². The molecule has 62 valence electrons. The Labute approximate surface area is 71.6 Å². The molecule has 0 aliphatic rings. The summed E-state index contributed by atoms with van der Waals surface area (Å²) >= 11 is 0. The molecule has 3 nitrogen and oxygen atoms in total. The van der Waals surface area contributed by atoms with Crippen molar-refractivity contribution in [2.45, 2.75) is 13.3 Å². The van der Waals surface area contributed by atoms with E-state index >= 15 is 0 Å². The van der Waals surface area contributed by atoms with Gasteiger partial charge in [-0.1, -0.05) is 6.92 Å². The lowest BCUT2D eigenvalue weighted by Gasteiger charge is -2.03. The smallest absolute Gasteiger partial charge is 0.155 e. The molecule has 0 saturated heterocycles. The van der Waals surface area contributed by atoms with E-state index in [9.17, 15) is 0 Å². The number of rotatable bonds is 3. The van der Waals surface area contributed by atoms with Gasteiger partial charge in [0.2, 0.25) is 0 Å². The van der Waals surface area contributed by atoms with Crippen molar-refractivity contribution in [2.75, 3.05) is 6.61 Å². The van der Waals surface area contributed by atoms with Gasteiger partial charge in [0.25, 0.3) is 0 Å². The summed E-state index contributed by atoms with van der Waals surface area (Å²) < 4.78 is 5.29. The van der Waals surface area contributed by atoms with E-state index in [0.717, 1.165) is 6.42 Å². The van der Waals surface area contributed by atoms with Crippen LogP contribution in [0.25, 0.3) is 0 Å². The Hall–Kier alpha value is -1.56. The Kier molecular flexibility index (Phi) is 3.09. The molecule has 0 spiro atoms. The average Bonchev–Trinajstić information content (AvgIpc) is 2.15. The molecule has 0 aliphatic heterocycles. The third-order valence-electron chi connectivity index (χ3n) is 1.37.